The van der Waals surface area contributed by atoms with Crippen LogP contribution < -0.4 is 4.74 Å². The van der Waals surface area contributed by atoms with Crippen molar-refractivity contribution in [1.82, 2.24) is 4.90 Å². The van der Waals surface area contributed by atoms with Crippen molar-refractivity contribution in [2.75, 3.05) is 6.61 Å². The largest absolute Gasteiger partial charge is 0.483 e. The van der Waals surface area contributed by atoms with Gasteiger partial charge >= 0.3 is 0 Å². The van der Waals surface area contributed by atoms with Crippen LogP contribution in [0.15, 0.2) is 22.7 Å². The van der Waals surface area contributed by atoms with E-state index in [1.54, 1.807) is 0 Å². The Morgan fingerprint density at radius 2 is 2.00 bits per heavy atom. The van der Waals surface area contributed by atoms with Crippen LogP contribution in [0.5, 0.6) is 5.75 Å². The minimum absolute atomic E-state index is 0.0807. The Kier molecular flexibility index (Phi) is 5.08. The minimum atomic E-state index is 0.0807. The molecule has 0 N–H and O–H groups in total. The lowest BCUT2D eigenvalue weighted by molar-refractivity contribution is -0.139. The fourth-order valence-electron chi connectivity index (χ4n) is 2.85. The Labute approximate surface area is 129 Å². The first-order valence-electron chi connectivity index (χ1n) is 7.19. The number of benzene rings is 1. The summed E-state index contributed by atoms with van der Waals surface area (Å²) in [6.07, 6.45) is 3.38. The topological polar surface area (TPSA) is 29.5 Å². The standard InChI is InChI=1S/C16H22BrNO2/c1-11-7-8-15(14(17)9-11)20-10-16(19)18-12(2)5-4-6-13(18)3/h7-9,12-13H,4-6,10H2,1-3H3. The van der Waals surface area contributed by atoms with E-state index < -0.39 is 0 Å². The number of amides is 1. The zero-order valence-corrected chi connectivity index (χ0v) is 13.9. The Hall–Kier alpha value is -1.03. The van der Waals surface area contributed by atoms with Crippen molar-refractivity contribution < 1.29 is 9.53 Å². The maximum absolute atomic E-state index is 12.4. The maximum atomic E-state index is 12.4. The van der Waals surface area contributed by atoms with Crippen LogP contribution in [-0.4, -0.2) is 29.5 Å². The van der Waals surface area contributed by atoms with E-state index in [0.717, 1.165) is 28.6 Å². The second-order valence-corrected chi connectivity index (χ2v) is 6.51. The van der Waals surface area contributed by atoms with Gasteiger partial charge in [-0.15, -0.1) is 0 Å². The van der Waals surface area contributed by atoms with E-state index in [-0.39, 0.29) is 12.5 Å². The highest BCUT2D eigenvalue weighted by Crippen LogP contribution is 2.27. The Bertz CT molecular complexity index is 479. The first kappa shape index (κ1) is 15.4. The molecule has 2 atom stereocenters. The molecule has 0 saturated carbocycles. The summed E-state index contributed by atoms with van der Waals surface area (Å²) >= 11 is 3.47. The molecule has 2 rings (SSSR count). The summed E-state index contributed by atoms with van der Waals surface area (Å²) in [6, 6.07) is 6.51. The number of hydrogen-bond acceptors (Lipinski definition) is 2. The normalized spacial score (nSPS) is 22.7. The van der Waals surface area contributed by atoms with Gasteiger partial charge in [-0.25, -0.2) is 0 Å². The van der Waals surface area contributed by atoms with E-state index in [4.69, 9.17) is 4.74 Å². The van der Waals surface area contributed by atoms with Gasteiger partial charge in [0.05, 0.1) is 4.47 Å². The Balaban J connectivity index is 1.97. The monoisotopic (exact) mass is 339 g/mol. The van der Waals surface area contributed by atoms with Crippen molar-refractivity contribution in [3.63, 3.8) is 0 Å². The van der Waals surface area contributed by atoms with E-state index in [1.807, 2.05) is 30.0 Å². The lowest BCUT2D eigenvalue weighted by Crippen LogP contribution is -2.49. The Morgan fingerprint density at radius 1 is 1.35 bits per heavy atom. The van der Waals surface area contributed by atoms with Gasteiger partial charge in [0, 0.05) is 12.1 Å². The highest BCUT2D eigenvalue weighted by molar-refractivity contribution is 9.10. The van der Waals surface area contributed by atoms with E-state index in [9.17, 15) is 4.79 Å². The van der Waals surface area contributed by atoms with Crippen molar-refractivity contribution in [1.29, 1.82) is 0 Å². The molecular weight excluding hydrogens is 318 g/mol. The van der Waals surface area contributed by atoms with Crippen LogP contribution in [0.1, 0.15) is 38.7 Å². The molecule has 20 heavy (non-hydrogen) atoms. The molecule has 3 nitrogen and oxygen atoms in total. The number of rotatable bonds is 3. The molecule has 1 aliphatic rings. The molecule has 0 bridgehead atoms. The zero-order valence-electron chi connectivity index (χ0n) is 12.4. The number of piperidine rings is 1. The molecule has 1 aromatic rings. The molecule has 1 aromatic carbocycles. The molecule has 0 aromatic heterocycles. The number of likely N-dealkylation sites (tertiary alicyclic amines) is 1. The van der Waals surface area contributed by atoms with Gasteiger partial charge in [0.25, 0.3) is 5.91 Å². The summed E-state index contributed by atoms with van der Waals surface area (Å²) in [6.45, 7) is 6.37. The van der Waals surface area contributed by atoms with Crippen LogP contribution in [0, 0.1) is 6.92 Å². The van der Waals surface area contributed by atoms with Crippen molar-refractivity contribution in [3.05, 3.63) is 28.2 Å². The highest BCUT2D eigenvalue weighted by atomic mass is 79.9. The summed E-state index contributed by atoms with van der Waals surface area (Å²) in [7, 11) is 0. The molecular formula is C16H22BrNO2. The van der Waals surface area contributed by atoms with Gasteiger partial charge in [-0.3, -0.25) is 4.79 Å². The molecule has 1 amide bonds. The number of halogens is 1. The first-order valence-corrected chi connectivity index (χ1v) is 7.98. The molecule has 110 valence electrons. The first-order chi connectivity index (χ1) is 9.49. The average molecular weight is 340 g/mol. The van der Waals surface area contributed by atoms with E-state index in [0.29, 0.717) is 12.1 Å². The fourth-order valence-corrected chi connectivity index (χ4v) is 3.46. The molecule has 0 spiro atoms. The summed E-state index contributed by atoms with van der Waals surface area (Å²) < 4.78 is 6.56. The molecule has 1 saturated heterocycles. The van der Waals surface area contributed by atoms with Gasteiger partial charge in [0.15, 0.2) is 6.61 Å². The third-order valence-electron chi connectivity index (χ3n) is 3.92. The molecule has 2 unspecified atom stereocenters. The van der Waals surface area contributed by atoms with Crippen molar-refractivity contribution in [3.8, 4) is 5.75 Å². The van der Waals surface area contributed by atoms with Crippen LogP contribution in [-0.2, 0) is 4.79 Å². The molecule has 1 aliphatic heterocycles. The highest BCUT2D eigenvalue weighted by Gasteiger charge is 2.29. The lowest BCUT2D eigenvalue weighted by Gasteiger charge is -2.39. The van der Waals surface area contributed by atoms with Crippen LogP contribution in [0.25, 0.3) is 0 Å². The molecule has 0 radical (unpaired) electrons. The van der Waals surface area contributed by atoms with Crippen molar-refractivity contribution >= 4 is 21.8 Å². The quantitative estimate of drug-likeness (QED) is 0.835. The lowest BCUT2D eigenvalue weighted by atomic mass is 9.97. The predicted molar refractivity (Wildman–Crippen MR) is 84.0 cm³/mol. The molecule has 1 heterocycles. The van der Waals surface area contributed by atoms with Crippen LogP contribution in [0.2, 0.25) is 0 Å². The number of aryl methyl sites for hydroxylation is 1. The molecule has 1 fully saturated rings. The van der Waals surface area contributed by atoms with Crippen LogP contribution in [0.4, 0.5) is 0 Å². The van der Waals surface area contributed by atoms with Crippen LogP contribution >= 0.6 is 15.9 Å². The number of hydrogen-bond donors (Lipinski definition) is 0. The smallest absolute Gasteiger partial charge is 0.260 e. The maximum Gasteiger partial charge on any atom is 0.260 e. The second kappa shape index (κ2) is 6.61. The number of carbonyl (C=O) groups excluding carboxylic acids is 1. The molecule has 0 aliphatic carbocycles. The Morgan fingerprint density at radius 3 is 2.60 bits per heavy atom. The summed E-state index contributed by atoms with van der Waals surface area (Å²) in [5.74, 6) is 0.804. The van der Waals surface area contributed by atoms with Gasteiger partial charge < -0.3 is 9.64 Å². The minimum Gasteiger partial charge on any atom is -0.483 e. The van der Waals surface area contributed by atoms with Gasteiger partial charge in [-0.2, -0.15) is 0 Å². The van der Waals surface area contributed by atoms with E-state index in [2.05, 4.69) is 29.8 Å². The molecule has 4 heteroatoms. The van der Waals surface area contributed by atoms with Crippen molar-refractivity contribution in [2.24, 2.45) is 0 Å². The SMILES string of the molecule is Cc1ccc(OCC(=O)N2C(C)CCCC2C)c(Br)c1. The predicted octanol–water partition coefficient (Wildman–Crippen LogP) is 3.93. The summed E-state index contributed by atoms with van der Waals surface area (Å²) in [5.41, 5.74) is 1.16. The van der Waals surface area contributed by atoms with Crippen molar-refractivity contribution in [2.45, 2.75) is 52.1 Å². The second-order valence-electron chi connectivity index (χ2n) is 5.65. The van der Waals surface area contributed by atoms with Gasteiger partial charge in [0.1, 0.15) is 5.75 Å². The van der Waals surface area contributed by atoms with E-state index in [1.165, 1.54) is 6.42 Å². The number of nitrogens with zero attached hydrogens (tertiary/aromatic N) is 1. The van der Waals surface area contributed by atoms with E-state index >= 15 is 0 Å². The zero-order chi connectivity index (χ0) is 14.7. The van der Waals surface area contributed by atoms with Gasteiger partial charge in [-0.1, -0.05) is 6.07 Å². The fraction of sp³-hybridized carbons (Fsp3) is 0.562. The van der Waals surface area contributed by atoms with Gasteiger partial charge in [0.2, 0.25) is 0 Å². The van der Waals surface area contributed by atoms with Crippen LogP contribution in [0.3, 0.4) is 0 Å². The average Bonchev–Trinajstić information content (AvgIpc) is 2.37. The third kappa shape index (κ3) is 3.54. The number of carbonyl (C=O) groups is 1. The third-order valence-corrected chi connectivity index (χ3v) is 4.54. The summed E-state index contributed by atoms with van der Waals surface area (Å²) in [5, 5.41) is 0. The number of ether oxygens (including phenoxy) is 1. The summed E-state index contributed by atoms with van der Waals surface area (Å²) in [4.78, 5) is 14.3. The van der Waals surface area contributed by atoms with Gasteiger partial charge in [-0.05, 0) is 73.7 Å².